The summed E-state index contributed by atoms with van der Waals surface area (Å²) in [6, 6.07) is 13.5. The fourth-order valence-corrected chi connectivity index (χ4v) is 6.69. The molecule has 0 spiro atoms. The SMILES string of the molecule is O=C(N[C@@H](Cc1ccccc1)[C@@H](O)CN(OC1CCCC1)S(=O)(=O)c1ccc(O)cc1)O[C@H]1CO[C@H]2OCC[C@H]21. The van der Waals surface area contributed by atoms with Gasteiger partial charge in [0.15, 0.2) is 6.29 Å². The number of nitrogens with one attached hydrogen (secondary N) is 1. The van der Waals surface area contributed by atoms with Crippen LogP contribution in [-0.4, -0.2) is 79.6 Å². The van der Waals surface area contributed by atoms with Gasteiger partial charge in [-0.2, -0.15) is 0 Å². The summed E-state index contributed by atoms with van der Waals surface area (Å²) >= 11 is 0. The van der Waals surface area contributed by atoms with E-state index in [2.05, 4.69) is 5.32 Å². The van der Waals surface area contributed by atoms with Crippen LogP contribution >= 0.6 is 0 Å². The molecule has 5 atom stereocenters. The van der Waals surface area contributed by atoms with E-state index in [4.69, 9.17) is 19.0 Å². The lowest BCUT2D eigenvalue weighted by Crippen LogP contribution is -2.51. The maximum Gasteiger partial charge on any atom is 0.407 e. The first-order chi connectivity index (χ1) is 19.3. The van der Waals surface area contributed by atoms with Crippen molar-refractivity contribution < 1.29 is 42.5 Å². The first-order valence-electron chi connectivity index (χ1n) is 13.7. The van der Waals surface area contributed by atoms with Crippen molar-refractivity contribution in [2.45, 2.75) is 74.1 Å². The van der Waals surface area contributed by atoms with E-state index in [0.29, 0.717) is 19.4 Å². The molecule has 218 valence electrons. The second kappa shape index (κ2) is 12.8. The summed E-state index contributed by atoms with van der Waals surface area (Å²) < 4.78 is 44.7. The van der Waals surface area contributed by atoms with Crippen LogP contribution < -0.4 is 5.32 Å². The molecule has 3 fully saturated rings. The Hall–Kier alpha value is -2.74. The van der Waals surface area contributed by atoms with Gasteiger partial charge in [-0.1, -0.05) is 47.6 Å². The number of aliphatic hydroxyl groups is 1. The Morgan fingerprint density at radius 1 is 1.05 bits per heavy atom. The van der Waals surface area contributed by atoms with Gasteiger partial charge >= 0.3 is 6.09 Å². The van der Waals surface area contributed by atoms with Gasteiger partial charge in [0.25, 0.3) is 10.0 Å². The molecule has 11 nitrogen and oxygen atoms in total. The largest absolute Gasteiger partial charge is 0.508 e. The quantitative estimate of drug-likeness (QED) is 0.344. The molecule has 40 heavy (non-hydrogen) atoms. The number of benzene rings is 2. The molecule has 5 rings (SSSR count). The average Bonchev–Trinajstić information content (AvgIpc) is 3.70. The van der Waals surface area contributed by atoms with Gasteiger partial charge in [-0.05, 0) is 55.5 Å². The van der Waals surface area contributed by atoms with Gasteiger partial charge in [-0.25, -0.2) is 13.2 Å². The minimum absolute atomic E-state index is 0.0472. The second-order valence-electron chi connectivity index (χ2n) is 10.5. The molecule has 0 unspecified atom stereocenters. The van der Waals surface area contributed by atoms with Crippen LogP contribution in [0.3, 0.4) is 0 Å². The number of carbonyl (C=O) groups excluding carboxylic acids is 1. The topological polar surface area (TPSA) is 144 Å². The number of hydrogen-bond donors (Lipinski definition) is 3. The molecule has 2 aromatic rings. The number of alkyl carbamates (subject to hydrolysis) is 1. The third-order valence-electron chi connectivity index (χ3n) is 7.62. The second-order valence-corrected chi connectivity index (χ2v) is 12.3. The summed E-state index contributed by atoms with van der Waals surface area (Å²) in [5.74, 6) is -0.120. The minimum atomic E-state index is -4.20. The lowest BCUT2D eigenvalue weighted by atomic mass is 10.0. The van der Waals surface area contributed by atoms with E-state index in [1.807, 2.05) is 30.3 Å². The van der Waals surface area contributed by atoms with Gasteiger partial charge in [0.2, 0.25) is 0 Å². The van der Waals surface area contributed by atoms with Crippen molar-refractivity contribution in [3.05, 3.63) is 60.2 Å². The number of sulfonamides is 1. The molecule has 0 bridgehead atoms. The molecular formula is C28H36N2O9S. The van der Waals surface area contributed by atoms with Gasteiger partial charge in [0, 0.05) is 0 Å². The van der Waals surface area contributed by atoms with E-state index in [1.165, 1.54) is 24.3 Å². The van der Waals surface area contributed by atoms with Gasteiger partial charge < -0.3 is 29.7 Å². The smallest absolute Gasteiger partial charge is 0.407 e. The van der Waals surface area contributed by atoms with Gasteiger partial charge in [-0.15, -0.1) is 0 Å². The molecule has 12 heteroatoms. The molecule has 2 aromatic carbocycles. The lowest BCUT2D eigenvalue weighted by Gasteiger charge is -2.31. The summed E-state index contributed by atoms with van der Waals surface area (Å²) in [6.07, 6.45) is 0.947. The molecule has 3 N–H and O–H groups in total. The Kier molecular flexibility index (Phi) is 9.24. The highest BCUT2D eigenvalue weighted by Gasteiger charge is 2.44. The zero-order chi connectivity index (χ0) is 28.1. The molecule has 1 saturated carbocycles. The van der Waals surface area contributed by atoms with Crippen LogP contribution in [0, 0.1) is 5.92 Å². The molecule has 3 aliphatic rings. The van der Waals surface area contributed by atoms with Crippen LogP contribution in [0.5, 0.6) is 5.75 Å². The Bertz CT molecular complexity index is 1220. The van der Waals surface area contributed by atoms with E-state index in [0.717, 1.165) is 29.3 Å². The fourth-order valence-electron chi connectivity index (χ4n) is 5.40. The number of nitrogens with zero attached hydrogens (tertiary/aromatic N) is 1. The number of amides is 1. The molecule has 0 aromatic heterocycles. The van der Waals surface area contributed by atoms with Crippen LogP contribution in [-0.2, 0) is 35.5 Å². The molecule has 2 saturated heterocycles. The van der Waals surface area contributed by atoms with Crippen LogP contribution in [0.4, 0.5) is 4.79 Å². The summed E-state index contributed by atoms with van der Waals surface area (Å²) in [7, 11) is -4.20. The van der Waals surface area contributed by atoms with Crippen LogP contribution in [0.1, 0.15) is 37.7 Å². The average molecular weight is 577 g/mol. The van der Waals surface area contributed by atoms with Crippen molar-refractivity contribution >= 4 is 16.1 Å². The maximum atomic E-state index is 13.6. The number of ether oxygens (including phenoxy) is 3. The minimum Gasteiger partial charge on any atom is -0.508 e. The van der Waals surface area contributed by atoms with E-state index >= 15 is 0 Å². The van der Waals surface area contributed by atoms with Crippen LogP contribution in [0.2, 0.25) is 0 Å². The molecule has 2 aliphatic heterocycles. The van der Waals surface area contributed by atoms with E-state index < -0.39 is 40.9 Å². The summed E-state index contributed by atoms with van der Waals surface area (Å²) in [4.78, 5) is 18.8. The van der Waals surface area contributed by atoms with E-state index in [1.54, 1.807) is 0 Å². The molecule has 2 heterocycles. The van der Waals surface area contributed by atoms with Gasteiger partial charge in [0.1, 0.15) is 11.9 Å². The Labute approximate surface area is 234 Å². The molecule has 1 aliphatic carbocycles. The number of fused-ring (bicyclic) bond motifs is 1. The third kappa shape index (κ3) is 6.93. The highest BCUT2D eigenvalue weighted by atomic mass is 32.2. The van der Waals surface area contributed by atoms with E-state index in [9.17, 15) is 23.4 Å². The number of phenols is 1. The number of aliphatic hydroxyl groups excluding tert-OH is 1. The summed E-state index contributed by atoms with van der Waals surface area (Å²) in [6.45, 7) is 0.337. The third-order valence-corrected chi connectivity index (χ3v) is 9.26. The lowest BCUT2D eigenvalue weighted by molar-refractivity contribution is -0.145. The predicted octanol–water partition coefficient (Wildman–Crippen LogP) is 2.72. The number of hydroxylamine groups is 1. The zero-order valence-electron chi connectivity index (χ0n) is 22.1. The standard InChI is InChI=1S/C28H36N2O9S/c31-20-10-12-22(13-11-20)40(34,35)30(39-21-8-4-5-9-21)17-25(32)24(16-19-6-2-1-3-7-19)29-28(33)38-26-18-37-27-23(26)14-15-36-27/h1-3,6-7,10-13,21,23-27,31-32H,4-5,8-9,14-18H2,(H,29,33)/t23-,24-,25-,26-,27+/m0/s1. The molecule has 1 amide bonds. The fraction of sp³-hybridized carbons (Fsp3) is 0.536. The first-order valence-corrected chi connectivity index (χ1v) is 15.1. The highest BCUT2D eigenvalue weighted by Crippen LogP contribution is 2.33. The van der Waals surface area contributed by atoms with Crippen molar-refractivity contribution in [3.63, 3.8) is 0 Å². The van der Waals surface area contributed by atoms with Crippen LogP contribution in [0.15, 0.2) is 59.5 Å². The first kappa shape index (κ1) is 28.8. The summed E-state index contributed by atoms with van der Waals surface area (Å²) in [5.41, 5.74) is 0.838. The van der Waals surface area contributed by atoms with Crippen molar-refractivity contribution in [2.24, 2.45) is 5.92 Å². The van der Waals surface area contributed by atoms with Crippen molar-refractivity contribution in [2.75, 3.05) is 19.8 Å². The van der Waals surface area contributed by atoms with Crippen molar-refractivity contribution in [1.29, 1.82) is 0 Å². The number of rotatable bonds is 11. The Morgan fingerprint density at radius 2 is 1.77 bits per heavy atom. The predicted molar refractivity (Wildman–Crippen MR) is 142 cm³/mol. The number of aromatic hydroxyl groups is 1. The maximum absolute atomic E-state index is 13.6. The van der Waals surface area contributed by atoms with Gasteiger partial charge in [0.05, 0.1) is 48.8 Å². The number of phenolic OH excluding ortho intramolecular Hbond substituents is 1. The summed E-state index contributed by atoms with van der Waals surface area (Å²) in [5, 5.41) is 23.8. The van der Waals surface area contributed by atoms with Crippen molar-refractivity contribution in [3.8, 4) is 5.75 Å². The number of hydrogen-bond acceptors (Lipinski definition) is 9. The van der Waals surface area contributed by atoms with Crippen LogP contribution in [0.25, 0.3) is 0 Å². The van der Waals surface area contributed by atoms with E-state index in [-0.39, 0.29) is 42.0 Å². The normalized spacial score (nSPS) is 24.6. The molecular weight excluding hydrogens is 540 g/mol. The monoisotopic (exact) mass is 576 g/mol. The number of carbonyl (C=O) groups is 1. The Morgan fingerprint density at radius 3 is 2.50 bits per heavy atom. The Balaban J connectivity index is 1.33. The van der Waals surface area contributed by atoms with Crippen molar-refractivity contribution in [1.82, 2.24) is 9.79 Å². The zero-order valence-corrected chi connectivity index (χ0v) is 22.9. The highest BCUT2D eigenvalue weighted by molar-refractivity contribution is 7.89. The van der Waals surface area contributed by atoms with Gasteiger partial charge in [-0.3, -0.25) is 4.84 Å². The molecule has 0 radical (unpaired) electrons.